The first-order valence-electron chi connectivity index (χ1n) is 5.41. The largest absolute Gasteiger partial charge is 0.411 e. The van der Waals surface area contributed by atoms with Gasteiger partial charge in [0.1, 0.15) is 5.71 Å². The molecule has 0 saturated heterocycles. The number of hydrogen-bond acceptors (Lipinski definition) is 3. The van der Waals surface area contributed by atoms with Crippen LogP contribution in [0.5, 0.6) is 0 Å². The predicted octanol–water partition coefficient (Wildman–Crippen LogP) is 2.56. The first-order valence-corrected chi connectivity index (χ1v) is 5.41. The first kappa shape index (κ1) is 11.4. The Bertz CT molecular complexity index is 494. The van der Waals surface area contributed by atoms with Crippen molar-refractivity contribution in [3.05, 3.63) is 71.8 Å². The van der Waals surface area contributed by atoms with Crippen molar-refractivity contribution in [2.75, 3.05) is 0 Å². The molecule has 0 aliphatic carbocycles. The third-order valence-electron chi connectivity index (χ3n) is 2.63. The monoisotopic (exact) mass is 226 g/mol. The van der Waals surface area contributed by atoms with Crippen molar-refractivity contribution in [2.45, 2.75) is 6.04 Å². The summed E-state index contributed by atoms with van der Waals surface area (Å²) in [5.41, 5.74) is 8.31. The molecule has 3 nitrogen and oxygen atoms in total. The zero-order chi connectivity index (χ0) is 12.1. The Morgan fingerprint density at radius 1 is 0.941 bits per heavy atom. The van der Waals surface area contributed by atoms with Crippen molar-refractivity contribution in [3.8, 4) is 0 Å². The van der Waals surface area contributed by atoms with Gasteiger partial charge in [0.05, 0.1) is 6.04 Å². The van der Waals surface area contributed by atoms with Crippen molar-refractivity contribution in [3.63, 3.8) is 0 Å². The molecule has 0 heterocycles. The number of nitrogens with zero attached hydrogens (tertiary/aromatic N) is 1. The number of rotatable bonds is 3. The highest BCUT2D eigenvalue weighted by Gasteiger charge is 2.15. The van der Waals surface area contributed by atoms with E-state index in [1.54, 1.807) is 0 Å². The summed E-state index contributed by atoms with van der Waals surface area (Å²) < 4.78 is 0. The molecule has 0 saturated carbocycles. The van der Waals surface area contributed by atoms with Crippen LogP contribution in [0.25, 0.3) is 0 Å². The summed E-state index contributed by atoms with van der Waals surface area (Å²) in [5.74, 6) is 0. The van der Waals surface area contributed by atoms with Gasteiger partial charge in [-0.05, 0) is 5.56 Å². The minimum atomic E-state index is -0.427. The molecule has 2 rings (SSSR count). The molecule has 0 amide bonds. The zero-order valence-corrected chi connectivity index (χ0v) is 9.32. The van der Waals surface area contributed by atoms with Crippen LogP contribution in [0.3, 0.4) is 0 Å². The summed E-state index contributed by atoms with van der Waals surface area (Å²) in [6, 6.07) is 18.6. The minimum absolute atomic E-state index is 0.427. The lowest BCUT2D eigenvalue weighted by Gasteiger charge is -2.13. The molecule has 3 N–H and O–H groups in total. The average Bonchev–Trinajstić information content (AvgIpc) is 2.42. The Morgan fingerprint density at radius 2 is 1.47 bits per heavy atom. The second kappa shape index (κ2) is 5.27. The normalized spacial score (nSPS) is 13.4. The maximum Gasteiger partial charge on any atom is 0.108 e. The molecule has 17 heavy (non-hydrogen) atoms. The van der Waals surface area contributed by atoms with Crippen LogP contribution in [0.2, 0.25) is 0 Å². The van der Waals surface area contributed by atoms with Crippen molar-refractivity contribution in [1.29, 1.82) is 0 Å². The standard InChI is InChI=1S/C14H14N2O/c15-13(11-7-3-1-4-8-11)14(16-17)12-9-5-2-6-10-12/h1-10,13,17H,15H2/b16-14-/t13-/m1/s1. The molecule has 86 valence electrons. The van der Waals surface area contributed by atoms with E-state index in [1.165, 1.54) is 0 Å². The number of oxime groups is 1. The molecule has 0 aliphatic rings. The van der Waals surface area contributed by atoms with Crippen LogP contribution in [-0.2, 0) is 0 Å². The molecule has 2 aromatic rings. The Balaban J connectivity index is 2.33. The number of hydrogen-bond donors (Lipinski definition) is 2. The second-order valence-corrected chi connectivity index (χ2v) is 3.74. The Hall–Kier alpha value is -2.13. The van der Waals surface area contributed by atoms with E-state index in [1.807, 2.05) is 60.7 Å². The lowest BCUT2D eigenvalue weighted by Crippen LogP contribution is -2.22. The van der Waals surface area contributed by atoms with E-state index in [0.717, 1.165) is 11.1 Å². The summed E-state index contributed by atoms with van der Waals surface area (Å²) in [6.07, 6.45) is 0. The molecule has 3 heteroatoms. The number of nitrogens with two attached hydrogens (primary N) is 1. The molecule has 1 atom stereocenters. The third-order valence-corrected chi connectivity index (χ3v) is 2.63. The van der Waals surface area contributed by atoms with Crippen LogP contribution in [0, 0.1) is 0 Å². The van der Waals surface area contributed by atoms with Crippen LogP contribution in [0.15, 0.2) is 65.8 Å². The lowest BCUT2D eigenvalue weighted by atomic mass is 9.97. The van der Waals surface area contributed by atoms with Crippen LogP contribution in [0.1, 0.15) is 17.2 Å². The van der Waals surface area contributed by atoms with Gasteiger partial charge in [0.25, 0.3) is 0 Å². The minimum Gasteiger partial charge on any atom is -0.411 e. The van der Waals surface area contributed by atoms with E-state index in [2.05, 4.69) is 5.16 Å². The highest BCUT2D eigenvalue weighted by Crippen LogP contribution is 2.16. The first-order chi connectivity index (χ1) is 8.33. The van der Waals surface area contributed by atoms with Gasteiger partial charge in [-0.15, -0.1) is 0 Å². The Labute approximate surface area is 100 Å². The average molecular weight is 226 g/mol. The fourth-order valence-electron chi connectivity index (χ4n) is 1.73. The molecular formula is C14H14N2O. The highest BCUT2D eigenvalue weighted by molar-refractivity contribution is 6.04. The van der Waals surface area contributed by atoms with Gasteiger partial charge in [0.2, 0.25) is 0 Å². The Morgan fingerprint density at radius 3 is 2.00 bits per heavy atom. The maximum absolute atomic E-state index is 9.12. The lowest BCUT2D eigenvalue weighted by molar-refractivity contribution is 0.317. The summed E-state index contributed by atoms with van der Waals surface area (Å²) in [4.78, 5) is 0. The van der Waals surface area contributed by atoms with Gasteiger partial charge in [-0.1, -0.05) is 65.8 Å². The van der Waals surface area contributed by atoms with Crippen molar-refractivity contribution in [1.82, 2.24) is 0 Å². The zero-order valence-electron chi connectivity index (χ0n) is 9.32. The van der Waals surface area contributed by atoms with E-state index in [-0.39, 0.29) is 0 Å². The molecular weight excluding hydrogens is 212 g/mol. The molecule has 0 bridgehead atoms. The smallest absolute Gasteiger partial charge is 0.108 e. The SMILES string of the molecule is N[C@@H](/C(=N\O)c1ccccc1)c1ccccc1. The fraction of sp³-hybridized carbons (Fsp3) is 0.0714. The van der Waals surface area contributed by atoms with E-state index < -0.39 is 6.04 Å². The van der Waals surface area contributed by atoms with Gasteiger partial charge >= 0.3 is 0 Å². The fourth-order valence-corrected chi connectivity index (χ4v) is 1.73. The molecule has 2 aromatic carbocycles. The molecule has 0 aliphatic heterocycles. The van der Waals surface area contributed by atoms with E-state index in [0.29, 0.717) is 5.71 Å². The van der Waals surface area contributed by atoms with Crippen molar-refractivity contribution >= 4 is 5.71 Å². The van der Waals surface area contributed by atoms with Gasteiger partial charge in [-0.2, -0.15) is 0 Å². The molecule has 0 aromatic heterocycles. The van der Waals surface area contributed by atoms with Crippen molar-refractivity contribution in [2.24, 2.45) is 10.9 Å². The summed E-state index contributed by atoms with van der Waals surface area (Å²) in [5, 5.41) is 12.4. The third kappa shape index (κ3) is 2.52. The summed E-state index contributed by atoms with van der Waals surface area (Å²) >= 11 is 0. The van der Waals surface area contributed by atoms with Crippen LogP contribution < -0.4 is 5.73 Å². The van der Waals surface area contributed by atoms with Crippen LogP contribution in [0.4, 0.5) is 0 Å². The molecule has 0 fully saturated rings. The number of benzene rings is 2. The molecule has 0 radical (unpaired) electrons. The maximum atomic E-state index is 9.12. The Kier molecular flexibility index (Phi) is 3.52. The van der Waals surface area contributed by atoms with Gasteiger partial charge in [0, 0.05) is 5.56 Å². The quantitative estimate of drug-likeness (QED) is 0.480. The van der Waals surface area contributed by atoms with Gasteiger partial charge in [-0.25, -0.2) is 0 Å². The van der Waals surface area contributed by atoms with Gasteiger partial charge < -0.3 is 10.9 Å². The van der Waals surface area contributed by atoms with E-state index in [9.17, 15) is 0 Å². The van der Waals surface area contributed by atoms with Crippen molar-refractivity contribution < 1.29 is 5.21 Å². The van der Waals surface area contributed by atoms with E-state index >= 15 is 0 Å². The van der Waals surface area contributed by atoms with Crippen LogP contribution in [-0.4, -0.2) is 10.9 Å². The molecule has 0 spiro atoms. The molecule has 0 unspecified atom stereocenters. The van der Waals surface area contributed by atoms with Gasteiger partial charge in [0.15, 0.2) is 0 Å². The van der Waals surface area contributed by atoms with Crippen LogP contribution >= 0.6 is 0 Å². The topological polar surface area (TPSA) is 58.6 Å². The highest BCUT2D eigenvalue weighted by atomic mass is 16.4. The summed E-state index contributed by atoms with van der Waals surface area (Å²) in [6.45, 7) is 0. The van der Waals surface area contributed by atoms with Gasteiger partial charge in [-0.3, -0.25) is 0 Å². The van der Waals surface area contributed by atoms with E-state index in [4.69, 9.17) is 10.9 Å². The second-order valence-electron chi connectivity index (χ2n) is 3.74. The summed E-state index contributed by atoms with van der Waals surface area (Å²) in [7, 11) is 0. The predicted molar refractivity (Wildman–Crippen MR) is 68.1 cm³/mol.